The number of rotatable bonds is 5. The molecule has 0 spiro atoms. The van der Waals surface area contributed by atoms with Crippen molar-refractivity contribution in [3.05, 3.63) is 0 Å². The molecule has 0 radical (unpaired) electrons. The third-order valence-corrected chi connectivity index (χ3v) is 4.83. The number of likely N-dealkylation sites (N-methyl/N-ethyl adjacent to an activating group) is 1. The van der Waals surface area contributed by atoms with Crippen LogP contribution in [0.4, 0.5) is 0 Å². The Morgan fingerprint density at radius 3 is 2.65 bits per heavy atom. The van der Waals surface area contributed by atoms with Crippen molar-refractivity contribution in [3.63, 3.8) is 0 Å². The number of esters is 1. The van der Waals surface area contributed by atoms with Crippen LogP contribution in [0.3, 0.4) is 0 Å². The van der Waals surface area contributed by atoms with Gasteiger partial charge >= 0.3 is 5.97 Å². The van der Waals surface area contributed by atoms with Crippen molar-refractivity contribution >= 4 is 5.97 Å². The van der Waals surface area contributed by atoms with E-state index in [4.69, 9.17) is 4.74 Å². The van der Waals surface area contributed by atoms with Gasteiger partial charge in [-0.25, -0.2) is 0 Å². The minimum Gasteiger partial charge on any atom is -0.468 e. The molecule has 0 aromatic carbocycles. The number of nitrogens with one attached hydrogen (secondary N) is 1. The minimum atomic E-state index is -0.446. The number of hydrogen-bond acceptors (Lipinski definition) is 5. The van der Waals surface area contributed by atoms with Crippen LogP contribution in [0.15, 0.2) is 0 Å². The Balaban J connectivity index is 1.97. The van der Waals surface area contributed by atoms with Gasteiger partial charge in [-0.2, -0.15) is 0 Å². The summed E-state index contributed by atoms with van der Waals surface area (Å²) in [5.41, 5.74) is -0.446. The molecule has 0 aromatic heterocycles. The van der Waals surface area contributed by atoms with Crippen molar-refractivity contribution in [2.45, 2.75) is 44.2 Å². The highest BCUT2D eigenvalue weighted by Crippen LogP contribution is 2.34. The zero-order valence-corrected chi connectivity index (χ0v) is 13.2. The molecule has 1 aliphatic heterocycles. The summed E-state index contributed by atoms with van der Waals surface area (Å²) in [6.45, 7) is 7.50. The van der Waals surface area contributed by atoms with Gasteiger partial charge in [0.1, 0.15) is 5.54 Å². The lowest BCUT2D eigenvalue weighted by atomic mass is 9.96. The summed E-state index contributed by atoms with van der Waals surface area (Å²) in [6, 6.07) is 0.521. The number of carbonyl (C=O) groups excluding carboxylic acids is 1. The lowest BCUT2D eigenvalue weighted by Crippen LogP contribution is -2.53. The van der Waals surface area contributed by atoms with E-state index in [9.17, 15) is 4.79 Å². The fraction of sp³-hybridized carbons (Fsp3) is 0.933. The Morgan fingerprint density at radius 1 is 1.35 bits per heavy atom. The van der Waals surface area contributed by atoms with Crippen LogP contribution in [-0.4, -0.2) is 74.2 Å². The van der Waals surface area contributed by atoms with Crippen LogP contribution in [0.1, 0.15) is 32.6 Å². The summed E-state index contributed by atoms with van der Waals surface area (Å²) < 4.78 is 5.06. The van der Waals surface area contributed by atoms with E-state index in [1.54, 1.807) is 0 Å². The number of piperazine rings is 1. The van der Waals surface area contributed by atoms with E-state index >= 15 is 0 Å². The maximum atomic E-state index is 12.2. The van der Waals surface area contributed by atoms with E-state index in [0.717, 1.165) is 58.4 Å². The van der Waals surface area contributed by atoms with E-state index in [-0.39, 0.29) is 5.97 Å². The van der Waals surface area contributed by atoms with E-state index in [1.165, 1.54) is 7.11 Å². The average Bonchev–Trinajstić information content (AvgIpc) is 2.91. The Morgan fingerprint density at radius 2 is 2.05 bits per heavy atom. The highest BCUT2D eigenvalue weighted by atomic mass is 16.5. The molecule has 116 valence electrons. The molecule has 2 unspecified atom stereocenters. The van der Waals surface area contributed by atoms with Crippen LogP contribution >= 0.6 is 0 Å². The first kappa shape index (κ1) is 15.7. The van der Waals surface area contributed by atoms with Gasteiger partial charge in [0.15, 0.2) is 0 Å². The Hall–Kier alpha value is -0.650. The van der Waals surface area contributed by atoms with Crippen molar-refractivity contribution in [3.8, 4) is 0 Å². The predicted molar refractivity (Wildman–Crippen MR) is 79.7 cm³/mol. The molecule has 5 heteroatoms. The molecule has 20 heavy (non-hydrogen) atoms. The van der Waals surface area contributed by atoms with Crippen molar-refractivity contribution in [2.24, 2.45) is 0 Å². The van der Waals surface area contributed by atoms with E-state index in [0.29, 0.717) is 6.04 Å². The van der Waals surface area contributed by atoms with Crippen LogP contribution in [0, 0.1) is 0 Å². The molecule has 1 aliphatic carbocycles. The standard InChI is InChI=1S/C15H29N3O2/c1-4-7-16-15(14(19)20-3)6-5-13(12-15)18-10-8-17(2)9-11-18/h13,16H,4-12H2,1-3H3. The third kappa shape index (κ3) is 3.32. The van der Waals surface area contributed by atoms with E-state index in [2.05, 4.69) is 29.1 Å². The summed E-state index contributed by atoms with van der Waals surface area (Å²) in [6.07, 6.45) is 3.92. The highest BCUT2D eigenvalue weighted by Gasteiger charge is 2.47. The molecule has 0 amide bonds. The molecule has 2 fully saturated rings. The van der Waals surface area contributed by atoms with Gasteiger partial charge in [-0.05, 0) is 39.3 Å². The molecule has 2 atom stereocenters. The summed E-state index contributed by atoms with van der Waals surface area (Å²) in [5.74, 6) is -0.0809. The Kier molecular flexibility index (Phi) is 5.41. The molecule has 1 saturated heterocycles. The van der Waals surface area contributed by atoms with Crippen molar-refractivity contribution < 1.29 is 9.53 Å². The molecular weight excluding hydrogens is 254 g/mol. The number of methoxy groups -OCH3 is 1. The van der Waals surface area contributed by atoms with Gasteiger partial charge in [-0.15, -0.1) is 0 Å². The van der Waals surface area contributed by atoms with Gasteiger partial charge in [0.2, 0.25) is 0 Å². The van der Waals surface area contributed by atoms with Gasteiger partial charge in [-0.1, -0.05) is 6.92 Å². The monoisotopic (exact) mass is 283 g/mol. The third-order valence-electron chi connectivity index (χ3n) is 4.83. The molecule has 1 N–H and O–H groups in total. The van der Waals surface area contributed by atoms with Crippen LogP contribution in [0.2, 0.25) is 0 Å². The topological polar surface area (TPSA) is 44.8 Å². The molecule has 0 aromatic rings. The number of nitrogens with zero attached hydrogens (tertiary/aromatic N) is 2. The lowest BCUT2D eigenvalue weighted by Gasteiger charge is -2.37. The molecule has 0 bridgehead atoms. The maximum Gasteiger partial charge on any atom is 0.326 e. The van der Waals surface area contributed by atoms with Crippen molar-refractivity contribution in [1.82, 2.24) is 15.1 Å². The predicted octanol–water partition coefficient (Wildman–Crippen LogP) is 0.698. The Labute approximate surface area is 122 Å². The molecule has 2 aliphatic rings. The molecular formula is C15H29N3O2. The zero-order chi connectivity index (χ0) is 14.6. The second-order valence-corrected chi connectivity index (χ2v) is 6.24. The van der Waals surface area contributed by atoms with Crippen molar-refractivity contribution in [1.29, 1.82) is 0 Å². The number of hydrogen-bond donors (Lipinski definition) is 1. The summed E-state index contributed by atoms with van der Waals surface area (Å²) in [5, 5.41) is 3.46. The molecule has 1 heterocycles. The summed E-state index contributed by atoms with van der Waals surface area (Å²) in [7, 11) is 3.68. The van der Waals surface area contributed by atoms with E-state index < -0.39 is 5.54 Å². The summed E-state index contributed by atoms with van der Waals surface area (Å²) in [4.78, 5) is 17.1. The summed E-state index contributed by atoms with van der Waals surface area (Å²) >= 11 is 0. The minimum absolute atomic E-state index is 0.0809. The average molecular weight is 283 g/mol. The first-order valence-electron chi connectivity index (χ1n) is 7.87. The zero-order valence-electron chi connectivity index (χ0n) is 13.2. The molecule has 1 saturated carbocycles. The Bertz CT molecular complexity index is 329. The van der Waals surface area contributed by atoms with Crippen LogP contribution in [0.25, 0.3) is 0 Å². The smallest absolute Gasteiger partial charge is 0.326 e. The second kappa shape index (κ2) is 6.87. The largest absolute Gasteiger partial charge is 0.468 e. The van der Waals surface area contributed by atoms with Crippen molar-refractivity contribution in [2.75, 3.05) is 46.9 Å². The maximum absolute atomic E-state index is 12.2. The van der Waals surface area contributed by atoms with E-state index in [1.807, 2.05) is 0 Å². The number of carbonyl (C=O) groups is 1. The van der Waals surface area contributed by atoms with Gasteiger partial charge in [0.05, 0.1) is 7.11 Å². The first-order valence-corrected chi connectivity index (χ1v) is 7.87. The van der Waals surface area contributed by atoms with Crippen LogP contribution in [0.5, 0.6) is 0 Å². The molecule has 2 rings (SSSR count). The lowest BCUT2D eigenvalue weighted by molar-refractivity contribution is -0.148. The highest BCUT2D eigenvalue weighted by molar-refractivity contribution is 5.81. The van der Waals surface area contributed by atoms with Gasteiger partial charge in [0.25, 0.3) is 0 Å². The SMILES string of the molecule is CCCNC1(C(=O)OC)CCC(N2CCN(C)CC2)C1. The van der Waals surface area contributed by atoms with Gasteiger partial charge in [0, 0.05) is 32.2 Å². The first-order chi connectivity index (χ1) is 9.61. The molecule has 5 nitrogen and oxygen atoms in total. The quantitative estimate of drug-likeness (QED) is 0.753. The van der Waals surface area contributed by atoms with Crippen LogP contribution < -0.4 is 5.32 Å². The fourth-order valence-electron chi connectivity index (χ4n) is 3.50. The normalized spacial score (nSPS) is 32.5. The van der Waals surface area contributed by atoms with Gasteiger partial charge < -0.3 is 15.0 Å². The number of ether oxygens (including phenoxy) is 1. The van der Waals surface area contributed by atoms with Crippen LogP contribution in [-0.2, 0) is 9.53 Å². The fourth-order valence-corrected chi connectivity index (χ4v) is 3.50. The van der Waals surface area contributed by atoms with Gasteiger partial charge in [-0.3, -0.25) is 9.69 Å². The second-order valence-electron chi connectivity index (χ2n) is 6.24.